The summed E-state index contributed by atoms with van der Waals surface area (Å²) in [6.07, 6.45) is 2.14. The van der Waals surface area contributed by atoms with E-state index in [4.69, 9.17) is 5.90 Å². The molecule has 5 nitrogen and oxygen atoms in total. The minimum absolute atomic E-state index is 0.0759. The van der Waals surface area contributed by atoms with Gasteiger partial charge >= 0.3 is 5.97 Å². The zero-order chi connectivity index (χ0) is 12.1. The molecule has 0 aliphatic rings. The Hall–Kier alpha value is -0.790. The van der Waals surface area contributed by atoms with Crippen molar-refractivity contribution in [3.8, 4) is 0 Å². The summed E-state index contributed by atoms with van der Waals surface area (Å²) in [7, 11) is 0. The van der Waals surface area contributed by atoms with Crippen molar-refractivity contribution in [3.63, 3.8) is 0 Å². The zero-order valence-corrected chi connectivity index (χ0v) is 11.0. The maximum absolute atomic E-state index is 11.7. The Balaban J connectivity index is 2.66. The fourth-order valence-corrected chi connectivity index (χ4v) is 2.34. The summed E-state index contributed by atoms with van der Waals surface area (Å²) in [6.45, 7) is 1.80. The van der Waals surface area contributed by atoms with Gasteiger partial charge in [-0.25, -0.2) is 4.98 Å². The van der Waals surface area contributed by atoms with Crippen molar-refractivity contribution in [2.75, 3.05) is 0 Å². The Morgan fingerprint density at radius 1 is 1.69 bits per heavy atom. The number of carbonyl (C=O) groups excluding carboxylic acids is 2. The lowest BCUT2D eigenvalue weighted by atomic mass is 10.0. The highest BCUT2D eigenvalue weighted by atomic mass is 79.9. The van der Waals surface area contributed by atoms with E-state index >= 15 is 0 Å². The van der Waals surface area contributed by atoms with E-state index in [1.807, 2.05) is 0 Å². The summed E-state index contributed by atoms with van der Waals surface area (Å²) in [5, 5.41) is 0.384. The van der Waals surface area contributed by atoms with Crippen molar-refractivity contribution in [2.45, 2.75) is 19.8 Å². The second-order valence-electron chi connectivity index (χ2n) is 3.14. The van der Waals surface area contributed by atoms with Gasteiger partial charge in [0.2, 0.25) is 0 Å². The van der Waals surface area contributed by atoms with Crippen LogP contribution in [0.3, 0.4) is 0 Å². The van der Waals surface area contributed by atoms with E-state index in [2.05, 4.69) is 25.8 Å². The molecule has 0 fully saturated rings. The number of halogens is 1. The number of ketones is 1. The normalized spacial score (nSPS) is 12.2. The summed E-state index contributed by atoms with van der Waals surface area (Å²) < 4.78 is 0.783. The van der Waals surface area contributed by atoms with Gasteiger partial charge in [0.05, 0.1) is 15.9 Å². The van der Waals surface area contributed by atoms with Crippen LogP contribution in [0.4, 0.5) is 0 Å². The lowest BCUT2D eigenvalue weighted by Crippen LogP contribution is -2.23. The molecule has 1 atom stereocenters. The number of rotatable bonds is 5. The van der Waals surface area contributed by atoms with Crippen molar-refractivity contribution < 1.29 is 14.4 Å². The molecule has 0 amide bonds. The van der Waals surface area contributed by atoms with Gasteiger partial charge in [0.15, 0.2) is 10.8 Å². The van der Waals surface area contributed by atoms with Crippen LogP contribution in [0.5, 0.6) is 0 Å². The molecular formula is C9H11BrN2O3S. The molecular weight excluding hydrogens is 296 g/mol. The first-order valence-electron chi connectivity index (χ1n) is 4.63. The van der Waals surface area contributed by atoms with E-state index in [1.54, 1.807) is 13.1 Å². The Morgan fingerprint density at radius 2 is 2.38 bits per heavy atom. The van der Waals surface area contributed by atoms with E-state index in [0.717, 1.165) is 3.79 Å². The van der Waals surface area contributed by atoms with Crippen LogP contribution in [0.25, 0.3) is 0 Å². The van der Waals surface area contributed by atoms with Crippen LogP contribution >= 0.6 is 27.3 Å². The topological polar surface area (TPSA) is 82.3 Å². The molecule has 1 aromatic heterocycles. The van der Waals surface area contributed by atoms with E-state index in [1.165, 1.54) is 11.3 Å². The van der Waals surface area contributed by atoms with Crippen LogP contribution in [0.1, 0.15) is 29.6 Å². The molecule has 0 aromatic carbocycles. The quantitative estimate of drug-likeness (QED) is 0.664. The molecule has 0 saturated heterocycles. The fourth-order valence-electron chi connectivity index (χ4n) is 1.19. The van der Waals surface area contributed by atoms with Crippen LogP contribution in [0, 0.1) is 5.92 Å². The van der Waals surface area contributed by atoms with Gasteiger partial charge in [-0.05, 0) is 22.4 Å². The summed E-state index contributed by atoms with van der Waals surface area (Å²) in [5.41, 5.74) is 0. The van der Waals surface area contributed by atoms with Crippen molar-refractivity contribution in [1.29, 1.82) is 0 Å². The third kappa shape index (κ3) is 3.36. The number of carbonyl (C=O) groups is 2. The molecule has 88 valence electrons. The van der Waals surface area contributed by atoms with Gasteiger partial charge in [-0.1, -0.05) is 6.92 Å². The second kappa shape index (κ2) is 6.07. The minimum atomic E-state index is -0.563. The third-order valence-electron chi connectivity index (χ3n) is 2.09. The number of thiazole rings is 1. The van der Waals surface area contributed by atoms with Gasteiger partial charge in [-0.3, -0.25) is 9.59 Å². The predicted octanol–water partition coefficient (Wildman–Crippen LogP) is 1.92. The fraction of sp³-hybridized carbons (Fsp3) is 0.444. The molecule has 7 heteroatoms. The van der Waals surface area contributed by atoms with E-state index in [9.17, 15) is 9.59 Å². The smallest absolute Gasteiger partial charge is 0.327 e. The van der Waals surface area contributed by atoms with E-state index < -0.39 is 11.9 Å². The summed E-state index contributed by atoms with van der Waals surface area (Å²) in [6, 6.07) is 0. The second-order valence-corrected chi connectivity index (χ2v) is 5.55. The predicted molar refractivity (Wildman–Crippen MR) is 62.8 cm³/mol. The number of hydrogen-bond acceptors (Lipinski definition) is 6. The first kappa shape index (κ1) is 13.3. The number of nitrogens with two attached hydrogens (primary N) is 1. The molecule has 1 unspecified atom stereocenters. The highest BCUT2D eigenvalue weighted by Gasteiger charge is 2.23. The molecule has 1 aromatic rings. The Morgan fingerprint density at radius 3 is 2.81 bits per heavy atom. The molecule has 0 bridgehead atoms. The lowest BCUT2D eigenvalue weighted by molar-refractivity contribution is -0.149. The van der Waals surface area contributed by atoms with E-state index in [-0.39, 0.29) is 12.2 Å². The van der Waals surface area contributed by atoms with Crippen molar-refractivity contribution in [1.82, 2.24) is 4.98 Å². The average molecular weight is 307 g/mol. The third-order valence-corrected chi connectivity index (χ3v) is 3.61. The SMILES string of the molecule is CCC(CC(=O)c1ncc(Br)s1)C(=O)ON. The van der Waals surface area contributed by atoms with Crippen LogP contribution < -0.4 is 5.90 Å². The number of nitrogens with zero attached hydrogens (tertiary/aromatic N) is 1. The lowest BCUT2D eigenvalue weighted by Gasteiger charge is -2.09. The van der Waals surface area contributed by atoms with E-state index in [0.29, 0.717) is 11.4 Å². The molecule has 0 saturated carbocycles. The van der Waals surface area contributed by atoms with Crippen molar-refractivity contribution in [2.24, 2.45) is 11.8 Å². The standard InChI is InChI=1S/C9H11BrN2O3S/c1-2-5(9(14)15-11)3-6(13)8-12-4-7(10)16-8/h4-5H,2-3,11H2,1H3. The summed E-state index contributed by atoms with van der Waals surface area (Å²) >= 11 is 4.46. The summed E-state index contributed by atoms with van der Waals surface area (Å²) in [5.74, 6) is 3.55. The Labute approximate surface area is 105 Å². The maximum atomic E-state index is 11.7. The van der Waals surface area contributed by atoms with Gasteiger partial charge in [-0.15, -0.1) is 11.3 Å². The highest BCUT2D eigenvalue weighted by Crippen LogP contribution is 2.22. The maximum Gasteiger partial charge on any atom is 0.327 e. The Bertz CT molecular complexity index is 394. The average Bonchev–Trinajstić information content (AvgIpc) is 2.71. The van der Waals surface area contributed by atoms with Gasteiger partial charge in [-0.2, -0.15) is 5.90 Å². The van der Waals surface area contributed by atoms with Crippen molar-refractivity contribution in [3.05, 3.63) is 15.0 Å². The first-order chi connectivity index (χ1) is 7.58. The molecule has 1 rings (SSSR count). The molecule has 2 N–H and O–H groups in total. The number of Topliss-reactive ketones (excluding diaryl/α,β-unsaturated/α-hetero) is 1. The molecule has 0 aliphatic heterocycles. The van der Waals surface area contributed by atoms with Gasteiger partial charge in [0, 0.05) is 6.42 Å². The molecule has 1 heterocycles. The monoisotopic (exact) mass is 306 g/mol. The molecule has 0 radical (unpaired) electrons. The molecule has 0 spiro atoms. The largest absolute Gasteiger partial charge is 0.373 e. The van der Waals surface area contributed by atoms with Crippen molar-refractivity contribution >= 4 is 39.0 Å². The van der Waals surface area contributed by atoms with Gasteiger partial charge in [0.1, 0.15) is 0 Å². The van der Waals surface area contributed by atoms with Gasteiger partial charge < -0.3 is 4.84 Å². The van der Waals surface area contributed by atoms with Crippen LogP contribution in [0.15, 0.2) is 9.98 Å². The summed E-state index contributed by atoms with van der Waals surface area (Å²) in [4.78, 5) is 31.0. The molecule has 16 heavy (non-hydrogen) atoms. The first-order valence-corrected chi connectivity index (χ1v) is 6.24. The minimum Gasteiger partial charge on any atom is -0.373 e. The highest BCUT2D eigenvalue weighted by molar-refractivity contribution is 9.11. The molecule has 0 aliphatic carbocycles. The zero-order valence-electron chi connectivity index (χ0n) is 8.60. The van der Waals surface area contributed by atoms with Crippen LogP contribution in [0.2, 0.25) is 0 Å². The van der Waals surface area contributed by atoms with Crippen LogP contribution in [-0.2, 0) is 9.63 Å². The Kier molecular flexibility index (Phi) is 5.04. The number of hydrogen-bond donors (Lipinski definition) is 1. The van der Waals surface area contributed by atoms with Gasteiger partial charge in [0.25, 0.3) is 0 Å². The number of aromatic nitrogens is 1. The van der Waals surface area contributed by atoms with Crippen LogP contribution in [-0.4, -0.2) is 16.7 Å².